The maximum absolute atomic E-state index is 10.9. The van der Waals surface area contributed by atoms with Crippen LogP contribution in [-0.2, 0) is 6.54 Å². The molecule has 2 aromatic rings. The molecule has 0 fully saturated rings. The molecule has 0 spiro atoms. The summed E-state index contributed by atoms with van der Waals surface area (Å²) in [4.78, 5) is 16.3. The van der Waals surface area contributed by atoms with Gasteiger partial charge in [0.25, 0.3) is 0 Å². The fourth-order valence-electron chi connectivity index (χ4n) is 1.83. The van der Waals surface area contributed by atoms with Gasteiger partial charge in [0.1, 0.15) is 4.88 Å². The molecule has 0 aliphatic rings. The normalized spacial score (nSPS) is 12.3. The molecule has 0 unspecified atom stereocenters. The van der Waals surface area contributed by atoms with Crippen molar-refractivity contribution in [2.24, 2.45) is 0 Å². The first-order valence-corrected chi connectivity index (χ1v) is 6.85. The molecule has 0 saturated heterocycles. The number of aryl methyl sites for hydroxylation is 1. The molecule has 1 atom stereocenters. The lowest BCUT2D eigenvalue weighted by atomic mass is 10.1. The Balaban J connectivity index is 2.01. The number of rotatable bonds is 5. The van der Waals surface area contributed by atoms with Crippen LogP contribution in [0.25, 0.3) is 0 Å². The quantitative estimate of drug-likeness (QED) is 0.881. The molecule has 2 N–H and O–H groups in total. The number of thiophene rings is 1. The molecule has 2 aromatic heterocycles. The molecule has 5 heteroatoms. The van der Waals surface area contributed by atoms with Crippen molar-refractivity contribution in [1.29, 1.82) is 0 Å². The summed E-state index contributed by atoms with van der Waals surface area (Å²) in [5.41, 5.74) is 2.21. The van der Waals surface area contributed by atoms with Crippen molar-refractivity contribution in [3.05, 3.63) is 51.5 Å². The first kappa shape index (κ1) is 13.7. The van der Waals surface area contributed by atoms with Crippen molar-refractivity contribution in [3.8, 4) is 0 Å². The number of aromatic carboxylic acids is 1. The fourth-order valence-corrected chi connectivity index (χ4v) is 2.71. The Hall–Kier alpha value is -1.72. The van der Waals surface area contributed by atoms with Crippen LogP contribution in [-0.4, -0.2) is 16.1 Å². The van der Waals surface area contributed by atoms with E-state index in [0.29, 0.717) is 11.4 Å². The number of hydrogen-bond acceptors (Lipinski definition) is 4. The second-order valence-corrected chi connectivity index (χ2v) is 5.64. The summed E-state index contributed by atoms with van der Waals surface area (Å²) < 4.78 is 0. The van der Waals surface area contributed by atoms with E-state index in [-0.39, 0.29) is 6.04 Å². The molecule has 2 heterocycles. The molecular weight excluding hydrogens is 260 g/mol. The van der Waals surface area contributed by atoms with Gasteiger partial charge >= 0.3 is 5.97 Å². The summed E-state index contributed by atoms with van der Waals surface area (Å²) in [5, 5.41) is 12.4. The van der Waals surface area contributed by atoms with E-state index < -0.39 is 5.97 Å². The number of carboxylic acids is 1. The van der Waals surface area contributed by atoms with E-state index in [1.807, 2.05) is 19.1 Å². The van der Waals surface area contributed by atoms with Gasteiger partial charge < -0.3 is 10.4 Å². The predicted octanol–water partition coefficient (Wildman–Crippen LogP) is 3.00. The van der Waals surface area contributed by atoms with Gasteiger partial charge in [0.2, 0.25) is 0 Å². The number of carbonyl (C=O) groups is 1. The SMILES string of the molecule is Cc1sc(C(=O)O)cc1CN[C@H](C)c1ccncc1. The molecule has 19 heavy (non-hydrogen) atoms. The minimum atomic E-state index is -0.860. The molecule has 100 valence electrons. The lowest BCUT2D eigenvalue weighted by Gasteiger charge is -2.13. The van der Waals surface area contributed by atoms with Gasteiger partial charge in [0.15, 0.2) is 0 Å². The number of carboxylic acid groups (broad SMARTS) is 1. The van der Waals surface area contributed by atoms with Gasteiger partial charge in [0, 0.05) is 29.9 Å². The van der Waals surface area contributed by atoms with Crippen LogP contribution in [0.1, 0.15) is 38.6 Å². The third-order valence-electron chi connectivity index (χ3n) is 3.04. The zero-order chi connectivity index (χ0) is 13.8. The zero-order valence-corrected chi connectivity index (χ0v) is 11.7. The topological polar surface area (TPSA) is 62.2 Å². The average molecular weight is 276 g/mol. The lowest BCUT2D eigenvalue weighted by molar-refractivity contribution is 0.0702. The maximum Gasteiger partial charge on any atom is 0.345 e. The van der Waals surface area contributed by atoms with Gasteiger partial charge in [-0.1, -0.05) is 0 Å². The van der Waals surface area contributed by atoms with Crippen molar-refractivity contribution in [3.63, 3.8) is 0 Å². The average Bonchev–Trinajstić information content (AvgIpc) is 2.79. The monoisotopic (exact) mass is 276 g/mol. The molecular formula is C14H16N2O2S. The second kappa shape index (κ2) is 5.95. The molecule has 4 nitrogen and oxygen atoms in total. The van der Waals surface area contributed by atoms with Gasteiger partial charge in [-0.3, -0.25) is 4.98 Å². The lowest BCUT2D eigenvalue weighted by Crippen LogP contribution is -2.18. The van der Waals surface area contributed by atoms with Crippen molar-refractivity contribution in [2.75, 3.05) is 0 Å². The van der Waals surface area contributed by atoms with Crippen molar-refractivity contribution < 1.29 is 9.90 Å². The molecule has 2 rings (SSSR count). The van der Waals surface area contributed by atoms with Crippen LogP contribution in [0.3, 0.4) is 0 Å². The largest absolute Gasteiger partial charge is 0.477 e. The van der Waals surface area contributed by atoms with Crippen LogP contribution in [0.15, 0.2) is 30.6 Å². The Morgan fingerprint density at radius 1 is 1.47 bits per heavy atom. The summed E-state index contributed by atoms with van der Waals surface area (Å²) in [6, 6.07) is 5.89. The van der Waals surface area contributed by atoms with Crippen molar-refractivity contribution in [1.82, 2.24) is 10.3 Å². The fraction of sp³-hybridized carbons (Fsp3) is 0.286. The minimum absolute atomic E-state index is 0.204. The van der Waals surface area contributed by atoms with Gasteiger partial charge in [-0.25, -0.2) is 4.79 Å². The summed E-state index contributed by atoms with van der Waals surface area (Å²) in [6.07, 6.45) is 3.54. The molecule has 0 radical (unpaired) electrons. The first-order chi connectivity index (χ1) is 9.08. The van der Waals surface area contributed by atoms with Gasteiger partial charge in [0.05, 0.1) is 0 Å². The van der Waals surface area contributed by atoms with E-state index in [2.05, 4.69) is 17.2 Å². The van der Waals surface area contributed by atoms with Crippen molar-refractivity contribution >= 4 is 17.3 Å². The van der Waals surface area contributed by atoms with Gasteiger partial charge in [-0.15, -0.1) is 11.3 Å². The highest BCUT2D eigenvalue weighted by Crippen LogP contribution is 2.22. The van der Waals surface area contributed by atoms with Gasteiger partial charge in [-0.05, 0) is 43.2 Å². The molecule has 0 aliphatic heterocycles. The molecule has 0 aliphatic carbocycles. The van der Waals surface area contributed by atoms with Crippen LogP contribution >= 0.6 is 11.3 Å². The first-order valence-electron chi connectivity index (χ1n) is 6.04. The molecule has 0 saturated carbocycles. The number of aromatic nitrogens is 1. The van der Waals surface area contributed by atoms with Crippen LogP contribution in [0.2, 0.25) is 0 Å². The summed E-state index contributed by atoms with van der Waals surface area (Å²) in [7, 11) is 0. The summed E-state index contributed by atoms with van der Waals surface area (Å²) in [6.45, 7) is 4.69. The van der Waals surface area contributed by atoms with Crippen LogP contribution < -0.4 is 5.32 Å². The van der Waals surface area contributed by atoms with Gasteiger partial charge in [-0.2, -0.15) is 0 Å². The van der Waals surface area contributed by atoms with Crippen LogP contribution in [0, 0.1) is 6.92 Å². The highest BCUT2D eigenvalue weighted by atomic mass is 32.1. The van der Waals surface area contributed by atoms with Crippen LogP contribution in [0.5, 0.6) is 0 Å². The number of nitrogens with one attached hydrogen (secondary N) is 1. The Labute approximate surface area is 116 Å². The van der Waals surface area contributed by atoms with E-state index in [4.69, 9.17) is 5.11 Å². The highest BCUT2D eigenvalue weighted by Gasteiger charge is 2.12. The number of nitrogens with zero attached hydrogens (tertiary/aromatic N) is 1. The Kier molecular flexibility index (Phi) is 4.29. The Morgan fingerprint density at radius 3 is 2.74 bits per heavy atom. The number of hydrogen-bond donors (Lipinski definition) is 2. The maximum atomic E-state index is 10.9. The smallest absolute Gasteiger partial charge is 0.345 e. The van der Waals surface area contributed by atoms with Crippen LogP contribution in [0.4, 0.5) is 0 Å². The third kappa shape index (κ3) is 3.39. The van der Waals surface area contributed by atoms with Crippen molar-refractivity contribution in [2.45, 2.75) is 26.4 Å². The minimum Gasteiger partial charge on any atom is -0.477 e. The molecule has 0 amide bonds. The standard InChI is InChI=1S/C14H16N2O2S/c1-9(11-3-5-15-6-4-11)16-8-12-7-13(14(17)18)19-10(12)2/h3-7,9,16H,8H2,1-2H3,(H,17,18)/t9-/m1/s1. The predicted molar refractivity (Wildman–Crippen MR) is 75.5 cm³/mol. The molecule has 0 bridgehead atoms. The van der Waals surface area contributed by atoms with E-state index in [9.17, 15) is 4.79 Å². The molecule has 0 aromatic carbocycles. The Morgan fingerprint density at radius 2 is 2.16 bits per heavy atom. The summed E-state index contributed by atoms with van der Waals surface area (Å²) >= 11 is 1.32. The van der Waals surface area contributed by atoms with E-state index >= 15 is 0 Å². The highest BCUT2D eigenvalue weighted by molar-refractivity contribution is 7.14. The second-order valence-electron chi connectivity index (χ2n) is 4.38. The third-order valence-corrected chi connectivity index (χ3v) is 4.12. The Bertz CT molecular complexity index is 566. The zero-order valence-electron chi connectivity index (χ0n) is 10.9. The number of pyridine rings is 1. The summed E-state index contributed by atoms with van der Waals surface area (Å²) in [5.74, 6) is -0.860. The van der Waals surface area contributed by atoms with E-state index in [0.717, 1.165) is 10.4 Å². The van der Waals surface area contributed by atoms with E-state index in [1.165, 1.54) is 16.9 Å². The van der Waals surface area contributed by atoms with E-state index in [1.54, 1.807) is 18.5 Å².